The molecular formula is C23H13N3O. The SMILES string of the molecule is c1ccc2c(c1)ccc1cnc(-c3ccc4c(n3)oc3ccccc34)nc12. The van der Waals surface area contributed by atoms with Gasteiger partial charge >= 0.3 is 0 Å². The van der Waals surface area contributed by atoms with Crippen LogP contribution in [0.15, 0.2) is 83.4 Å². The van der Waals surface area contributed by atoms with Gasteiger partial charge in [0.15, 0.2) is 5.82 Å². The molecule has 4 nitrogen and oxygen atoms in total. The Balaban J connectivity index is 1.60. The molecule has 0 saturated heterocycles. The molecule has 3 aromatic carbocycles. The number of hydrogen-bond acceptors (Lipinski definition) is 4. The Morgan fingerprint density at radius 1 is 0.630 bits per heavy atom. The van der Waals surface area contributed by atoms with Gasteiger partial charge in [-0.05, 0) is 23.6 Å². The summed E-state index contributed by atoms with van der Waals surface area (Å²) in [4.78, 5) is 14.0. The van der Waals surface area contributed by atoms with Gasteiger partial charge in [0, 0.05) is 27.7 Å². The first-order valence-electron chi connectivity index (χ1n) is 8.80. The summed E-state index contributed by atoms with van der Waals surface area (Å²) in [5, 5.41) is 5.36. The quantitative estimate of drug-likeness (QED) is 0.356. The van der Waals surface area contributed by atoms with Crippen molar-refractivity contribution in [2.45, 2.75) is 0 Å². The summed E-state index contributed by atoms with van der Waals surface area (Å²) in [6.45, 7) is 0. The predicted molar refractivity (Wildman–Crippen MR) is 108 cm³/mol. The summed E-state index contributed by atoms with van der Waals surface area (Å²) in [6, 6.07) is 24.3. The minimum Gasteiger partial charge on any atom is -0.438 e. The Kier molecular flexibility index (Phi) is 2.85. The Morgan fingerprint density at radius 2 is 1.44 bits per heavy atom. The van der Waals surface area contributed by atoms with Gasteiger partial charge in [0.1, 0.15) is 11.3 Å². The molecule has 6 rings (SSSR count). The second-order valence-electron chi connectivity index (χ2n) is 6.57. The molecule has 4 heteroatoms. The zero-order valence-corrected chi connectivity index (χ0v) is 14.3. The van der Waals surface area contributed by atoms with Gasteiger partial charge in [-0.15, -0.1) is 0 Å². The van der Waals surface area contributed by atoms with Crippen molar-refractivity contribution < 1.29 is 4.42 Å². The smallest absolute Gasteiger partial charge is 0.227 e. The normalized spacial score (nSPS) is 11.7. The number of rotatable bonds is 1. The summed E-state index contributed by atoms with van der Waals surface area (Å²) >= 11 is 0. The molecule has 0 unspecified atom stereocenters. The Labute approximate surface area is 154 Å². The van der Waals surface area contributed by atoms with Gasteiger partial charge in [-0.2, -0.15) is 0 Å². The lowest BCUT2D eigenvalue weighted by Gasteiger charge is -2.05. The third kappa shape index (κ3) is 2.13. The summed E-state index contributed by atoms with van der Waals surface area (Å²) in [5.41, 5.74) is 3.08. The Hall–Kier alpha value is -3.79. The van der Waals surface area contributed by atoms with Gasteiger partial charge in [-0.1, -0.05) is 54.6 Å². The van der Waals surface area contributed by atoms with Crippen LogP contribution in [0.25, 0.3) is 55.3 Å². The van der Waals surface area contributed by atoms with Gasteiger partial charge in [-0.25, -0.2) is 15.0 Å². The highest BCUT2D eigenvalue weighted by Crippen LogP contribution is 2.30. The van der Waals surface area contributed by atoms with Gasteiger partial charge in [-0.3, -0.25) is 0 Å². The van der Waals surface area contributed by atoms with E-state index in [0.717, 1.165) is 38.0 Å². The van der Waals surface area contributed by atoms with Crippen LogP contribution in [0.4, 0.5) is 0 Å². The standard InChI is InChI=1S/C23H13N3O/c1-2-6-16-14(5-1)9-10-15-13-24-22(26-21(15)16)19-12-11-18-17-7-3-4-8-20(17)27-23(18)25-19/h1-13H. The van der Waals surface area contributed by atoms with Crippen molar-refractivity contribution in [3.8, 4) is 11.5 Å². The van der Waals surface area contributed by atoms with Gasteiger partial charge in [0.2, 0.25) is 5.71 Å². The molecule has 0 spiro atoms. The lowest BCUT2D eigenvalue weighted by molar-refractivity contribution is 0.654. The minimum absolute atomic E-state index is 0.598. The largest absolute Gasteiger partial charge is 0.438 e. The maximum Gasteiger partial charge on any atom is 0.227 e. The molecule has 0 amide bonds. The highest BCUT2D eigenvalue weighted by atomic mass is 16.3. The summed E-state index contributed by atoms with van der Waals surface area (Å²) in [6.07, 6.45) is 1.86. The monoisotopic (exact) mass is 347 g/mol. The van der Waals surface area contributed by atoms with E-state index >= 15 is 0 Å². The molecule has 27 heavy (non-hydrogen) atoms. The first-order chi connectivity index (χ1) is 13.4. The fourth-order valence-corrected chi connectivity index (χ4v) is 3.62. The molecule has 0 aliphatic heterocycles. The van der Waals surface area contributed by atoms with Crippen molar-refractivity contribution in [2.75, 3.05) is 0 Å². The van der Waals surface area contributed by atoms with E-state index in [1.807, 2.05) is 54.7 Å². The first-order valence-corrected chi connectivity index (χ1v) is 8.80. The van der Waals surface area contributed by atoms with Crippen LogP contribution >= 0.6 is 0 Å². The first kappa shape index (κ1) is 14.4. The van der Waals surface area contributed by atoms with Gasteiger partial charge in [0.05, 0.1) is 5.52 Å². The van der Waals surface area contributed by atoms with Crippen LogP contribution in [0.2, 0.25) is 0 Å². The molecule has 0 atom stereocenters. The zero-order valence-electron chi connectivity index (χ0n) is 14.3. The Bertz CT molecular complexity index is 1480. The summed E-state index contributed by atoms with van der Waals surface area (Å²) < 4.78 is 5.91. The lowest BCUT2D eigenvalue weighted by atomic mass is 10.1. The lowest BCUT2D eigenvalue weighted by Crippen LogP contribution is -1.93. The van der Waals surface area contributed by atoms with Crippen molar-refractivity contribution in [3.05, 3.63) is 79.0 Å². The average Bonchev–Trinajstić information content (AvgIpc) is 3.11. The number of pyridine rings is 1. The average molecular weight is 347 g/mol. The van der Waals surface area contributed by atoms with Crippen molar-refractivity contribution in [2.24, 2.45) is 0 Å². The number of benzene rings is 3. The number of aromatic nitrogens is 3. The molecular weight excluding hydrogens is 334 g/mol. The number of para-hydroxylation sites is 1. The molecule has 126 valence electrons. The van der Waals surface area contributed by atoms with Crippen LogP contribution in [0.5, 0.6) is 0 Å². The fraction of sp³-hybridized carbons (Fsp3) is 0. The molecule has 0 bridgehead atoms. The van der Waals surface area contributed by atoms with Crippen LogP contribution in [0.3, 0.4) is 0 Å². The second-order valence-corrected chi connectivity index (χ2v) is 6.57. The second kappa shape index (κ2) is 5.35. The van der Waals surface area contributed by atoms with Crippen molar-refractivity contribution in [1.29, 1.82) is 0 Å². The summed E-state index contributed by atoms with van der Waals surface area (Å²) in [5.74, 6) is 0.598. The predicted octanol–water partition coefficient (Wildman–Crippen LogP) is 5.74. The third-order valence-electron chi connectivity index (χ3n) is 4.95. The van der Waals surface area contributed by atoms with Gasteiger partial charge < -0.3 is 4.42 Å². The maximum atomic E-state index is 5.91. The van der Waals surface area contributed by atoms with E-state index in [1.165, 1.54) is 0 Å². The zero-order chi connectivity index (χ0) is 17.8. The van der Waals surface area contributed by atoms with Crippen molar-refractivity contribution in [3.63, 3.8) is 0 Å². The van der Waals surface area contributed by atoms with Crippen LogP contribution in [0, 0.1) is 0 Å². The van der Waals surface area contributed by atoms with Crippen molar-refractivity contribution in [1.82, 2.24) is 15.0 Å². The number of fused-ring (bicyclic) bond motifs is 6. The number of nitrogens with zero attached hydrogens (tertiary/aromatic N) is 3. The molecule has 0 fully saturated rings. The van der Waals surface area contributed by atoms with E-state index in [-0.39, 0.29) is 0 Å². The highest BCUT2D eigenvalue weighted by Gasteiger charge is 2.12. The summed E-state index contributed by atoms with van der Waals surface area (Å²) in [7, 11) is 0. The van der Waals surface area contributed by atoms with E-state index < -0.39 is 0 Å². The molecule has 0 aliphatic carbocycles. The molecule has 0 radical (unpaired) electrons. The topological polar surface area (TPSA) is 51.8 Å². The van der Waals surface area contributed by atoms with E-state index in [1.54, 1.807) is 0 Å². The number of hydrogen-bond donors (Lipinski definition) is 0. The molecule has 0 aliphatic rings. The molecule has 3 aromatic heterocycles. The van der Waals surface area contributed by atoms with E-state index in [0.29, 0.717) is 17.2 Å². The minimum atomic E-state index is 0.598. The fourth-order valence-electron chi connectivity index (χ4n) is 3.62. The molecule has 3 heterocycles. The van der Waals surface area contributed by atoms with E-state index in [2.05, 4.69) is 34.2 Å². The number of furan rings is 1. The molecule has 0 N–H and O–H groups in total. The maximum absolute atomic E-state index is 5.91. The van der Waals surface area contributed by atoms with Crippen LogP contribution in [-0.4, -0.2) is 15.0 Å². The highest BCUT2D eigenvalue weighted by molar-refractivity contribution is 6.06. The van der Waals surface area contributed by atoms with E-state index in [9.17, 15) is 0 Å². The molecule has 6 aromatic rings. The van der Waals surface area contributed by atoms with Crippen LogP contribution in [0.1, 0.15) is 0 Å². The third-order valence-corrected chi connectivity index (χ3v) is 4.95. The van der Waals surface area contributed by atoms with E-state index in [4.69, 9.17) is 9.40 Å². The van der Waals surface area contributed by atoms with Crippen LogP contribution < -0.4 is 0 Å². The van der Waals surface area contributed by atoms with Gasteiger partial charge in [0.25, 0.3) is 0 Å². The van der Waals surface area contributed by atoms with Crippen molar-refractivity contribution >= 4 is 43.7 Å². The Morgan fingerprint density at radius 3 is 2.41 bits per heavy atom. The van der Waals surface area contributed by atoms with Crippen LogP contribution in [-0.2, 0) is 0 Å². The molecule has 0 saturated carbocycles.